The molecule has 0 aromatic carbocycles. The number of unbranched alkanes of at least 4 members (excludes halogenated alkanes) is 1. The average molecular weight is 250 g/mol. The normalized spacial score (nSPS) is 19.2. The molecule has 5 nitrogen and oxygen atoms in total. The quantitative estimate of drug-likeness (QED) is 0.682. The van der Waals surface area contributed by atoms with Gasteiger partial charge in [-0.15, -0.1) is 0 Å². The van der Waals surface area contributed by atoms with Gasteiger partial charge in [0.05, 0.1) is 5.75 Å². The molecular formula is C10H22N2O3S. The van der Waals surface area contributed by atoms with Gasteiger partial charge in [-0.1, -0.05) is 0 Å². The Balaban J connectivity index is 2.46. The molecular weight excluding hydrogens is 228 g/mol. The van der Waals surface area contributed by atoms with Gasteiger partial charge in [0.1, 0.15) is 0 Å². The second-order valence-electron chi connectivity index (χ2n) is 4.17. The van der Waals surface area contributed by atoms with Crippen molar-refractivity contribution in [2.75, 3.05) is 32.6 Å². The summed E-state index contributed by atoms with van der Waals surface area (Å²) in [4.78, 5) is 0. The molecule has 1 aliphatic heterocycles. The van der Waals surface area contributed by atoms with Gasteiger partial charge in [-0.05, 0) is 32.2 Å². The van der Waals surface area contributed by atoms with Crippen LogP contribution < -0.4 is 5.73 Å². The predicted octanol–water partition coefficient (Wildman–Crippen LogP) is 0.166. The van der Waals surface area contributed by atoms with Crippen molar-refractivity contribution in [1.82, 2.24) is 4.31 Å². The van der Waals surface area contributed by atoms with Gasteiger partial charge in [0, 0.05) is 26.3 Å². The first kappa shape index (κ1) is 13.9. The highest BCUT2D eigenvalue weighted by Gasteiger charge is 2.27. The van der Waals surface area contributed by atoms with Gasteiger partial charge in [-0.2, -0.15) is 0 Å². The van der Waals surface area contributed by atoms with E-state index in [-0.39, 0.29) is 11.8 Å². The van der Waals surface area contributed by atoms with Crippen LogP contribution >= 0.6 is 0 Å². The van der Waals surface area contributed by atoms with Crippen LogP contribution in [0.4, 0.5) is 0 Å². The number of rotatable bonds is 6. The Morgan fingerprint density at radius 1 is 1.31 bits per heavy atom. The Morgan fingerprint density at radius 3 is 2.50 bits per heavy atom. The molecule has 0 atom stereocenters. The molecule has 0 aromatic rings. The van der Waals surface area contributed by atoms with E-state index in [1.54, 1.807) is 7.05 Å². The second kappa shape index (κ2) is 6.54. The number of nitrogens with two attached hydrogens (primary N) is 1. The number of sulfonamides is 1. The van der Waals surface area contributed by atoms with E-state index in [2.05, 4.69) is 0 Å². The Hall–Kier alpha value is -0.170. The van der Waals surface area contributed by atoms with Crippen LogP contribution in [0.3, 0.4) is 0 Å². The molecule has 0 amide bonds. The smallest absolute Gasteiger partial charge is 0.214 e. The van der Waals surface area contributed by atoms with Gasteiger partial charge >= 0.3 is 0 Å². The van der Waals surface area contributed by atoms with Crippen LogP contribution in [-0.2, 0) is 14.8 Å². The molecule has 2 N–H and O–H groups in total. The molecule has 1 rings (SSSR count). The van der Waals surface area contributed by atoms with E-state index in [1.165, 1.54) is 4.31 Å². The number of ether oxygens (including phenoxy) is 1. The van der Waals surface area contributed by atoms with Gasteiger partial charge in [-0.25, -0.2) is 12.7 Å². The van der Waals surface area contributed by atoms with Crippen LogP contribution in [0.25, 0.3) is 0 Å². The highest BCUT2D eigenvalue weighted by Crippen LogP contribution is 2.16. The molecule has 0 aromatic heterocycles. The van der Waals surface area contributed by atoms with Crippen molar-refractivity contribution < 1.29 is 13.2 Å². The van der Waals surface area contributed by atoms with Crippen molar-refractivity contribution >= 4 is 10.0 Å². The molecule has 1 aliphatic rings. The van der Waals surface area contributed by atoms with Crippen LogP contribution in [0.1, 0.15) is 25.7 Å². The first-order chi connectivity index (χ1) is 7.58. The van der Waals surface area contributed by atoms with Crippen LogP contribution in [-0.4, -0.2) is 51.3 Å². The van der Waals surface area contributed by atoms with Crippen LogP contribution in [0.2, 0.25) is 0 Å². The Labute approximate surface area is 98.0 Å². The standard InChI is InChI=1S/C10H22N2O3S/c1-12(10-4-7-15-8-5-10)16(13,14)9-3-2-6-11/h10H,2-9,11H2,1H3. The van der Waals surface area contributed by atoms with E-state index in [4.69, 9.17) is 10.5 Å². The third-order valence-electron chi connectivity index (χ3n) is 3.00. The zero-order chi connectivity index (χ0) is 12.0. The van der Waals surface area contributed by atoms with Crippen LogP contribution in [0.15, 0.2) is 0 Å². The highest BCUT2D eigenvalue weighted by atomic mass is 32.2. The van der Waals surface area contributed by atoms with E-state index < -0.39 is 10.0 Å². The maximum absolute atomic E-state index is 11.9. The van der Waals surface area contributed by atoms with E-state index in [0.29, 0.717) is 26.2 Å². The van der Waals surface area contributed by atoms with Gasteiger partial charge < -0.3 is 10.5 Å². The van der Waals surface area contributed by atoms with E-state index in [0.717, 1.165) is 19.3 Å². The molecule has 1 heterocycles. The Morgan fingerprint density at radius 2 is 1.94 bits per heavy atom. The fourth-order valence-corrected chi connectivity index (χ4v) is 3.37. The molecule has 1 fully saturated rings. The molecule has 0 bridgehead atoms. The molecule has 1 saturated heterocycles. The SMILES string of the molecule is CN(C1CCOCC1)S(=O)(=O)CCCCN. The molecule has 0 radical (unpaired) electrons. The molecule has 6 heteroatoms. The molecule has 96 valence electrons. The summed E-state index contributed by atoms with van der Waals surface area (Å²) in [6.45, 7) is 1.87. The fourth-order valence-electron chi connectivity index (χ4n) is 1.85. The largest absolute Gasteiger partial charge is 0.381 e. The van der Waals surface area contributed by atoms with Crippen LogP contribution in [0, 0.1) is 0 Å². The summed E-state index contributed by atoms with van der Waals surface area (Å²) >= 11 is 0. The summed E-state index contributed by atoms with van der Waals surface area (Å²) in [7, 11) is -1.44. The van der Waals surface area contributed by atoms with Gasteiger partial charge in [-0.3, -0.25) is 0 Å². The van der Waals surface area contributed by atoms with Gasteiger partial charge in [0.25, 0.3) is 0 Å². The summed E-state index contributed by atoms with van der Waals surface area (Å²) < 4.78 is 30.6. The van der Waals surface area contributed by atoms with Gasteiger partial charge in [0.2, 0.25) is 10.0 Å². The van der Waals surface area contributed by atoms with Crippen molar-refractivity contribution in [1.29, 1.82) is 0 Å². The lowest BCUT2D eigenvalue weighted by atomic mass is 10.1. The molecule has 0 aliphatic carbocycles. The van der Waals surface area contributed by atoms with Crippen molar-refractivity contribution in [3.05, 3.63) is 0 Å². The summed E-state index contributed by atoms with van der Waals surface area (Å²) in [5.74, 6) is 0.206. The lowest BCUT2D eigenvalue weighted by molar-refractivity contribution is 0.0632. The zero-order valence-electron chi connectivity index (χ0n) is 9.89. The average Bonchev–Trinajstić information content (AvgIpc) is 2.29. The topological polar surface area (TPSA) is 72.6 Å². The maximum Gasteiger partial charge on any atom is 0.214 e. The third-order valence-corrected chi connectivity index (χ3v) is 4.98. The predicted molar refractivity (Wildman–Crippen MR) is 63.7 cm³/mol. The Kier molecular flexibility index (Phi) is 5.68. The number of nitrogens with zero attached hydrogens (tertiary/aromatic N) is 1. The Bertz CT molecular complexity index is 286. The molecule has 0 spiro atoms. The molecule has 0 unspecified atom stereocenters. The summed E-state index contributed by atoms with van der Waals surface area (Å²) in [5, 5.41) is 0. The first-order valence-corrected chi connectivity index (χ1v) is 7.42. The second-order valence-corrected chi connectivity index (χ2v) is 6.32. The third kappa shape index (κ3) is 4.01. The highest BCUT2D eigenvalue weighted by molar-refractivity contribution is 7.89. The first-order valence-electron chi connectivity index (χ1n) is 5.81. The van der Waals surface area contributed by atoms with Crippen LogP contribution in [0.5, 0.6) is 0 Å². The monoisotopic (exact) mass is 250 g/mol. The van der Waals surface area contributed by atoms with Crippen molar-refractivity contribution in [2.24, 2.45) is 5.73 Å². The van der Waals surface area contributed by atoms with Gasteiger partial charge in [0.15, 0.2) is 0 Å². The van der Waals surface area contributed by atoms with Crippen molar-refractivity contribution in [2.45, 2.75) is 31.7 Å². The molecule has 16 heavy (non-hydrogen) atoms. The summed E-state index contributed by atoms with van der Waals surface area (Å²) in [6.07, 6.45) is 3.01. The van der Waals surface area contributed by atoms with Crippen molar-refractivity contribution in [3.63, 3.8) is 0 Å². The maximum atomic E-state index is 11.9. The zero-order valence-corrected chi connectivity index (χ0v) is 10.7. The van der Waals surface area contributed by atoms with E-state index in [9.17, 15) is 8.42 Å². The van der Waals surface area contributed by atoms with E-state index in [1.807, 2.05) is 0 Å². The van der Waals surface area contributed by atoms with E-state index >= 15 is 0 Å². The molecule has 0 saturated carbocycles. The minimum absolute atomic E-state index is 0.108. The summed E-state index contributed by atoms with van der Waals surface area (Å²) in [5.41, 5.74) is 5.35. The lowest BCUT2D eigenvalue weighted by Gasteiger charge is -2.30. The minimum atomic E-state index is -3.11. The minimum Gasteiger partial charge on any atom is -0.381 e. The summed E-state index contributed by atoms with van der Waals surface area (Å²) in [6, 6.07) is 0.108. The van der Waals surface area contributed by atoms with Crippen molar-refractivity contribution in [3.8, 4) is 0 Å². The fraction of sp³-hybridized carbons (Fsp3) is 1.00. The number of hydrogen-bond acceptors (Lipinski definition) is 4. The number of hydrogen-bond donors (Lipinski definition) is 1. The lowest BCUT2D eigenvalue weighted by Crippen LogP contribution is -2.41.